The molecule has 6 heteroatoms. The Kier molecular flexibility index (Phi) is 6.95. The first kappa shape index (κ1) is 17.8. The van der Waals surface area contributed by atoms with E-state index in [0.29, 0.717) is 13.0 Å². The predicted octanol–water partition coefficient (Wildman–Crippen LogP) is 1.87. The number of carboxylic acids is 1. The molecule has 4 N–H and O–H groups in total. The number of aliphatic hydroxyl groups excluding tert-OH is 1. The number of nitrogens with one attached hydrogen (secondary N) is 2. The van der Waals surface area contributed by atoms with Crippen LogP contribution in [0.25, 0.3) is 0 Å². The quantitative estimate of drug-likeness (QED) is 0.577. The first-order chi connectivity index (χ1) is 9.80. The molecule has 0 heterocycles. The van der Waals surface area contributed by atoms with Crippen molar-refractivity contribution < 1.29 is 19.8 Å². The molecule has 0 bridgehead atoms. The molecule has 0 aromatic heterocycles. The maximum atomic E-state index is 11.8. The van der Waals surface area contributed by atoms with Crippen LogP contribution < -0.4 is 10.6 Å². The fraction of sp³-hybridized carbons (Fsp3) is 0.867. The average molecular weight is 300 g/mol. The minimum atomic E-state index is -0.792. The summed E-state index contributed by atoms with van der Waals surface area (Å²) in [5.41, 5.74) is -0.115. The van der Waals surface area contributed by atoms with Gasteiger partial charge in [-0.15, -0.1) is 0 Å². The van der Waals surface area contributed by atoms with Crippen molar-refractivity contribution in [2.24, 2.45) is 5.41 Å². The Hall–Kier alpha value is -1.30. The van der Waals surface area contributed by atoms with Gasteiger partial charge in [0.15, 0.2) is 0 Å². The molecule has 1 saturated carbocycles. The van der Waals surface area contributed by atoms with Gasteiger partial charge in [0, 0.05) is 13.0 Å². The Balaban J connectivity index is 2.21. The molecule has 1 aliphatic carbocycles. The molecule has 0 aromatic carbocycles. The number of amides is 2. The molecule has 2 atom stereocenters. The fourth-order valence-corrected chi connectivity index (χ4v) is 2.58. The molecule has 0 saturated heterocycles. The van der Waals surface area contributed by atoms with E-state index in [1.54, 1.807) is 0 Å². The van der Waals surface area contributed by atoms with Crippen molar-refractivity contribution in [1.29, 1.82) is 0 Å². The third-order valence-electron chi connectivity index (χ3n) is 4.15. The van der Waals surface area contributed by atoms with Crippen LogP contribution in [0.2, 0.25) is 0 Å². The molecule has 1 aliphatic rings. The van der Waals surface area contributed by atoms with Crippen LogP contribution in [0.1, 0.15) is 58.8 Å². The maximum absolute atomic E-state index is 11.8. The molecule has 0 aromatic rings. The zero-order valence-electron chi connectivity index (χ0n) is 13.0. The van der Waals surface area contributed by atoms with Gasteiger partial charge in [-0.05, 0) is 31.1 Å². The summed E-state index contributed by atoms with van der Waals surface area (Å²) in [5.74, 6) is -0.792. The Morgan fingerprint density at radius 3 is 2.48 bits per heavy atom. The van der Waals surface area contributed by atoms with E-state index in [1.165, 1.54) is 0 Å². The number of rotatable bonds is 7. The smallest absolute Gasteiger partial charge is 0.315 e. The van der Waals surface area contributed by atoms with Crippen molar-refractivity contribution in [3.05, 3.63) is 0 Å². The van der Waals surface area contributed by atoms with Gasteiger partial charge >= 0.3 is 12.0 Å². The molecule has 0 aliphatic heterocycles. The van der Waals surface area contributed by atoms with Crippen LogP contribution in [-0.4, -0.2) is 40.9 Å². The summed E-state index contributed by atoms with van der Waals surface area (Å²) < 4.78 is 0. The highest BCUT2D eigenvalue weighted by molar-refractivity contribution is 5.74. The standard InChI is InChI=1S/C15H28N2O4/c1-15(2,8-7-13(19)20)9-10-16-14(21)17-11-5-3-4-6-12(11)18/h11-12,18H,3-10H2,1-2H3,(H,19,20)(H2,16,17,21). The normalized spacial score (nSPS) is 22.6. The van der Waals surface area contributed by atoms with Gasteiger partial charge in [-0.2, -0.15) is 0 Å². The highest BCUT2D eigenvalue weighted by Crippen LogP contribution is 2.26. The molecule has 0 spiro atoms. The van der Waals surface area contributed by atoms with Crippen molar-refractivity contribution in [3.63, 3.8) is 0 Å². The average Bonchev–Trinajstić information content (AvgIpc) is 2.39. The Morgan fingerprint density at radius 1 is 1.19 bits per heavy atom. The highest BCUT2D eigenvalue weighted by Gasteiger charge is 2.24. The zero-order valence-corrected chi connectivity index (χ0v) is 13.0. The summed E-state index contributed by atoms with van der Waals surface area (Å²) >= 11 is 0. The minimum Gasteiger partial charge on any atom is -0.481 e. The Bertz CT molecular complexity index is 358. The van der Waals surface area contributed by atoms with Crippen LogP contribution in [0.15, 0.2) is 0 Å². The van der Waals surface area contributed by atoms with Gasteiger partial charge in [0.25, 0.3) is 0 Å². The van der Waals surface area contributed by atoms with E-state index in [1.807, 2.05) is 13.8 Å². The van der Waals surface area contributed by atoms with Crippen LogP contribution in [0.5, 0.6) is 0 Å². The van der Waals surface area contributed by atoms with Crippen LogP contribution >= 0.6 is 0 Å². The summed E-state index contributed by atoms with van der Waals surface area (Å²) in [6.07, 6.45) is 4.62. The minimum absolute atomic E-state index is 0.115. The van der Waals surface area contributed by atoms with E-state index in [9.17, 15) is 14.7 Å². The van der Waals surface area contributed by atoms with E-state index in [0.717, 1.165) is 32.1 Å². The molecule has 21 heavy (non-hydrogen) atoms. The van der Waals surface area contributed by atoms with E-state index in [4.69, 9.17) is 5.11 Å². The Morgan fingerprint density at radius 2 is 1.86 bits per heavy atom. The molecule has 1 rings (SSSR count). The fourth-order valence-electron chi connectivity index (χ4n) is 2.58. The van der Waals surface area contributed by atoms with Crippen LogP contribution in [0.3, 0.4) is 0 Å². The number of aliphatic carboxylic acids is 1. The second-order valence-corrected chi connectivity index (χ2v) is 6.67. The number of carboxylic acid groups (broad SMARTS) is 1. The number of urea groups is 1. The maximum Gasteiger partial charge on any atom is 0.315 e. The summed E-state index contributed by atoms with van der Waals surface area (Å²) in [7, 11) is 0. The number of aliphatic hydroxyl groups is 1. The van der Waals surface area contributed by atoms with Crippen LogP contribution in [0, 0.1) is 5.41 Å². The molecule has 0 radical (unpaired) electrons. The third-order valence-corrected chi connectivity index (χ3v) is 4.15. The topological polar surface area (TPSA) is 98.7 Å². The van der Waals surface area contributed by atoms with Gasteiger partial charge in [-0.3, -0.25) is 4.79 Å². The first-order valence-corrected chi connectivity index (χ1v) is 7.74. The monoisotopic (exact) mass is 300 g/mol. The van der Waals surface area contributed by atoms with Crippen LogP contribution in [-0.2, 0) is 4.79 Å². The van der Waals surface area contributed by atoms with Crippen LogP contribution in [0.4, 0.5) is 4.79 Å². The second-order valence-electron chi connectivity index (χ2n) is 6.67. The molecule has 2 amide bonds. The largest absolute Gasteiger partial charge is 0.481 e. The van der Waals surface area contributed by atoms with Gasteiger partial charge in [-0.1, -0.05) is 26.7 Å². The Labute approximate surface area is 126 Å². The van der Waals surface area contributed by atoms with E-state index in [-0.39, 0.29) is 23.9 Å². The van der Waals surface area contributed by atoms with Gasteiger partial charge in [0.1, 0.15) is 0 Å². The molecule has 2 unspecified atom stereocenters. The third kappa shape index (κ3) is 7.32. The van der Waals surface area contributed by atoms with Crippen molar-refractivity contribution in [2.45, 2.75) is 70.9 Å². The molecular weight excluding hydrogens is 272 g/mol. The summed E-state index contributed by atoms with van der Waals surface area (Å²) in [6.45, 7) is 4.50. The van der Waals surface area contributed by atoms with Gasteiger partial charge in [0.05, 0.1) is 12.1 Å². The zero-order chi connectivity index (χ0) is 15.9. The van der Waals surface area contributed by atoms with E-state index in [2.05, 4.69) is 10.6 Å². The van der Waals surface area contributed by atoms with Gasteiger partial charge < -0.3 is 20.8 Å². The molecular formula is C15H28N2O4. The van der Waals surface area contributed by atoms with Crippen molar-refractivity contribution in [3.8, 4) is 0 Å². The van der Waals surface area contributed by atoms with Gasteiger partial charge in [-0.25, -0.2) is 4.79 Å². The predicted molar refractivity (Wildman–Crippen MR) is 80.1 cm³/mol. The number of carbonyl (C=O) groups is 2. The molecule has 122 valence electrons. The molecule has 6 nitrogen and oxygen atoms in total. The lowest BCUT2D eigenvalue weighted by Gasteiger charge is -2.29. The molecule has 1 fully saturated rings. The number of carbonyl (C=O) groups excluding carboxylic acids is 1. The van der Waals surface area contributed by atoms with Crippen molar-refractivity contribution >= 4 is 12.0 Å². The van der Waals surface area contributed by atoms with E-state index >= 15 is 0 Å². The summed E-state index contributed by atoms with van der Waals surface area (Å²) in [4.78, 5) is 22.4. The highest BCUT2D eigenvalue weighted by atomic mass is 16.4. The number of hydrogen-bond acceptors (Lipinski definition) is 3. The summed E-state index contributed by atoms with van der Waals surface area (Å²) in [5, 5.41) is 24.1. The summed E-state index contributed by atoms with van der Waals surface area (Å²) in [6, 6.07) is -0.409. The lowest BCUT2D eigenvalue weighted by Crippen LogP contribution is -2.49. The van der Waals surface area contributed by atoms with Gasteiger partial charge in [0.2, 0.25) is 0 Å². The second kappa shape index (κ2) is 8.22. The SMILES string of the molecule is CC(C)(CCNC(=O)NC1CCCCC1O)CCC(=O)O. The first-order valence-electron chi connectivity index (χ1n) is 7.74. The van der Waals surface area contributed by atoms with E-state index < -0.39 is 12.1 Å². The number of hydrogen-bond donors (Lipinski definition) is 4. The lowest BCUT2D eigenvalue weighted by molar-refractivity contribution is -0.137. The lowest BCUT2D eigenvalue weighted by atomic mass is 9.84. The van der Waals surface area contributed by atoms with Crippen molar-refractivity contribution in [2.75, 3.05) is 6.54 Å². The van der Waals surface area contributed by atoms with Crippen molar-refractivity contribution in [1.82, 2.24) is 10.6 Å².